The average Bonchev–Trinajstić information content (AvgIpc) is 3.23. The second-order valence-corrected chi connectivity index (χ2v) is 7.86. The van der Waals surface area contributed by atoms with Crippen LogP contribution in [0.1, 0.15) is 31.7 Å². The van der Waals surface area contributed by atoms with E-state index < -0.39 is 0 Å². The molecule has 7 heteroatoms. The summed E-state index contributed by atoms with van der Waals surface area (Å²) in [5.74, 6) is 2.46. The molecule has 0 saturated carbocycles. The lowest BCUT2D eigenvalue weighted by molar-refractivity contribution is 0.0511. The molecule has 2 heterocycles. The monoisotopic (exact) mass is 517 g/mol. The van der Waals surface area contributed by atoms with Crippen LogP contribution in [0.15, 0.2) is 29.3 Å². The number of halogens is 1. The van der Waals surface area contributed by atoms with Gasteiger partial charge in [-0.2, -0.15) is 0 Å². The number of nitrogens with zero attached hydrogens (tertiary/aromatic N) is 2. The number of aliphatic imine (C=N–C) groups is 1. The van der Waals surface area contributed by atoms with Crippen LogP contribution in [0.4, 0.5) is 0 Å². The van der Waals surface area contributed by atoms with Crippen molar-refractivity contribution in [2.75, 3.05) is 60.2 Å². The van der Waals surface area contributed by atoms with Crippen molar-refractivity contribution in [3.63, 3.8) is 0 Å². The fraction of sp³-hybridized carbons (Fsp3) is 0.682. The molecule has 1 unspecified atom stereocenters. The SMILES string of the molecule is CCOc1ccc(C2(CNC(=NC)N(C)CC3CCOC3)CCOCC2)cc1.I. The van der Waals surface area contributed by atoms with Gasteiger partial charge in [0.05, 0.1) is 13.2 Å². The average molecular weight is 517 g/mol. The number of hydrogen-bond acceptors (Lipinski definition) is 4. The largest absolute Gasteiger partial charge is 0.494 e. The summed E-state index contributed by atoms with van der Waals surface area (Å²) in [4.78, 5) is 6.74. The van der Waals surface area contributed by atoms with E-state index in [-0.39, 0.29) is 29.4 Å². The molecule has 3 rings (SSSR count). The van der Waals surface area contributed by atoms with E-state index in [0.717, 1.165) is 70.5 Å². The van der Waals surface area contributed by atoms with E-state index in [2.05, 4.69) is 46.5 Å². The number of benzene rings is 1. The third kappa shape index (κ3) is 6.46. The molecule has 0 bridgehead atoms. The van der Waals surface area contributed by atoms with E-state index in [1.165, 1.54) is 5.56 Å². The molecule has 6 nitrogen and oxygen atoms in total. The molecule has 2 aliphatic heterocycles. The molecule has 1 N–H and O–H groups in total. The minimum absolute atomic E-state index is 0. The first-order chi connectivity index (χ1) is 13.7. The molecule has 0 spiro atoms. The van der Waals surface area contributed by atoms with Gasteiger partial charge in [0, 0.05) is 58.3 Å². The molecule has 0 amide bonds. The lowest BCUT2D eigenvalue weighted by Gasteiger charge is -2.39. The Morgan fingerprint density at radius 1 is 1.21 bits per heavy atom. The second-order valence-electron chi connectivity index (χ2n) is 7.86. The normalized spacial score (nSPS) is 21.3. The van der Waals surface area contributed by atoms with E-state index in [0.29, 0.717) is 12.5 Å². The summed E-state index contributed by atoms with van der Waals surface area (Å²) in [6, 6.07) is 8.58. The summed E-state index contributed by atoms with van der Waals surface area (Å²) >= 11 is 0. The maximum Gasteiger partial charge on any atom is 0.193 e. The Bertz CT molecular complexity index is 627. The summed E-state index contributed by atoms with van der Waals surface area (Å²) in [7, 11) is 3.97. The maximum absolute atomic E-state index is 5.67. The Morgan fingerprint density at radius 2 is 1.93 bits per heavy atom. The number of hydrogen-bond donors (Lipinski definition) is 1. The minimum Gasteiger partial charge on any atom is -0.494 e. The van der Waals surface area contributed by atoms with Gasteiger partial charge in [-0.25, -0.2) is 0 Å². The smallest absolute Gasteiger partial charge is 0.193 e. The van der Waals surface area contributed by atoms with Crippen molar-refractivity contribution in [2.45, 2.75) is 31.6 Å². The van der Waals surface area contributed by atoms with Gasteiger partial charge in [0.15, 0.2) is 5.96 Å². The lowest BCUT2D eigenvalue weighted by atomic mass is 9.74. The third-order valence-electron chi connectivity index (χ3n) is 5.94. The van der Waals surface area contributed by atoms with Crippen molar-refractivity contribution in [1.29, 1.82) is 0 Å². The van der Waals surface area contributed by atoms with Gasteiger partial charge in [0.2, 0.25) is 0 Å². The molecule has 2 saturated heterocycles. The highest BCUT2D eigenvalue weighted by Gasteiger charge is 2.35. The first-order valence-corrected chi connectivity index (χ1v) is 10.5. The van der Waals surface area contributed by atoms with Crippen molar-refractivity contribution in [3.05, 3.63) is 29.8 Å². The third-order valence-corrected chi connectivity index (χ3v) is 5.94. The molecule has 0 aliphatic carbocycles. The van der Waals surface area contributed by atoms with Crippen LogP contribution >= 0.6 is 24.0 Å². The highest BCUT2D eigenvalue weighted by atomic mass is 127. The van der Waals surface area contributed by atoms with Crippen LogP contribution in [-0.2, 0) is 14.9 Å². The van der Waals surface area contributed by atoms with E-state index in [1.54, 1.807) is 0 Å². The van der Waals surface area contributed by atoms with E-state index >= 15 is 0 Å². The Kier molecular flexibility index (Phi) is 9.98. The van der Waals surface area contributed by atoms with Crippen LogP contribution in [0, 0.1) is 5.92 Å². The Hall–Kier alpha value is -1.06. The standard InChI is InChI=1S/C22H35N3O3.HI/c1-4-28-20-7-5-19(6-8-20)22(10-13-26-14-11-22)17-24-21(23-2)25(3)15-18-9-12-27-16-18;/h5-8,18H,4,9-17H2,1-3H3,(H,23,24);1H. The number of rotatable bonds is 7. The maximum atomic E-state index is 5.67. The fourth-order valence-corrected chi connectivity index (χ4v) is 4.24. The Morgan fingerprint density at radius 3 is 2.52 bits per heavy atom. The molecule has 1 aromatic carbocycles. The second kappa shape index (κ2) is 12.0. The van der Waals surface area contributed by atoms with Crippen LogP contribution in [0.25, 0.3) is 0 Å². The predicted octanol–water partition coefficient (Wildman–Crippen LogP) is 3.30. The summed E-state index contributed by atoms with van der Waals surface area (Å²) < 4.78 is 16.8. The predicted molar refractivity (Wildman–Crippen MR) is 128 cm³/mol. The van der Waals surface area contributed by atoms with Crippen molar-refractivity contribution in [3.8, 4) is 5.75 Å². The van der Waals surface area contributed by atoms with Gasteiger partial charge in [-0.1, -0.05) is 12.1 Å². The van der Waals surface area contributed by atoms with Gasteiger partial charge in [0.25, 0.3) is 0 Å². The molecule has 1 aromatic rings. The highest BCUT2D eigenvalue weighted by molar-refractivity contribution is 14.0. The van der Waals surface area contributed by atoms with Crippen molar-refractivity contribution < 1.29 is 14.2 Å². The van der Waals surface area contributed by atoms with Gasteiger partial charge in [-0.15, -0.1) is 24.0 Å². The first kappa shape index (κ1) is 24.2. The zero-order valence-corrected chi connectivity index (χ0v) is 20.3. The number of nitrogens with one attached hydrogen (secondary N) is 1. The van der Waals surface area contributed by atoms with Crippen LogP contribution < -0.4 is 10.1 Å². The van der Waals surface area contributed by atoms with Crippen LogP contribution in [0.5, 0.6) is 5.75 Å². The van der Waals surface area contributed by atoms with Crippen molar-refractivity contribution >= 4 is 29.9 Å². The van der Waals surface area contributed by atoms with E-state index in [4.69, 9.17) is 14.2 Å². The van der Waals surface area contributed by atoms with E-state index in [9.17, 15) is 0 Å². The van der Waals surface area contributed by atoms with E-state index in [1.807, 2.05) is 14.0 Å². The van der Waals surface area contributed by atoms with Crippen LogP contribution in [-0.4, -0.2) is 71.1 Å². The number of guanidine groups is 1. The van der Waals surface area contributed by atoms with Crippen LogP contribution in [0.2, 0.25) is 0 Å². The van der Waals surface area contributed by atoms with Gasteiger partial charge < -0.3 is 24.4 Å². The summed E-state index contributed by atoms with van der Waals surface area (Å²) in [5.41, 5.74) is 1.39. The van der Waals surface area contributed by atoms with Gasteiger partial charge in [0.1, 0.15) is 5.75 Å². The molecule has 0 radical (unpaired) electrons. The quantitative estimate of drug-likeness (QED) is 0.342. The molecular formula is C22H36IN3O3. The Labute approximate surface area is 192 Å². The molecule has 0 aromatic heterocycles. The summed E-state index contributed by atoms with van der Waals surface area (Å²) in [6.07, 6.45) is 3.14. The molecule has 29 heavy (non-hydrogen) atoms. The topological polar surface area (TPSA) is 55.3 Å². The lowest BCUT2D eigenvalue weighted by Crippen LogP contribution is -2.49. The summed E-state index contributed by atoms with van der Waals surface area (Å²) in [5, 5.41) is 3.64. The Balaban J connectivity index is 0.00000300. The first-order valence-electron chi connectivity index (χ1n) is 10.5. The van der Waals surface area contributed by atoms with Crippen molar-refractivity contribution in [2.24, 2.45) is 10.9 Å². The highest BCUT2D eigenvalue weighted by Crippen LogP contribution is 2.35. The fourth-order valence-electron chi connectivity index (χ4n) is 4.24. The molecule has 1 atom stereocenters. The van der Waals surface area contributed by atoms with Crippen LogP contribution in [0.3, 0.4) is 0 Å². The number of ether oxygens (including phenoxy) is 3. The molecule has 2 aliphatic rings. The zero-order chi connectivity index (χ0) is 19.8. The van der Waals surface area contributed by atoms with Crippen molar-refractivity contribution in [1.82, 2.24) is 10.2 Å². The minimum atomic E-state index is 0. The van der Waals surface area contributed by atoms with Gasteiger partial charge in [-0.3, -0.25) is 4.99 Å². The zero-order valence-electron chi connectivity index (χ0n) is 18.0. The molecule has 2 fully saturated rings. The summed E-state index contributed by atoms with van der Waals surface area (Å²) in [6.45, 7) is 7.85. The van der Waals surface area contributed by atoms with Gasteiger partial charge in [-0.05, 0) is 43.9 Å². The molecular weight excluding hydrogens is 481 g/mol. The van der Waals surface area contributed by atoms with Gasteiger partial charge >= 0.3 is 0 Å². The molecule has 164 valence electrons.